The van der Waals surface area contributed by atoms with Crippen molar-refractivity contribution in [2.75, 3.05) is 51.3 Å². The number of pyridine rings is 1. The van der Waals surface area contributed by atoms with Gasteiger partial charge in [-0.1, -0.05) is 0 Å². The zero-order valence-electron chi connectivity index (χ0n) is 24.2. The Balaban J connectivity index is 1.48. The summed E-state index contributed by atoms with van der Waals surface area (Å²) in [5.41, 5.74) is -2.44. The van der Waals surface area contributed by atoms with E-state index < -0.39 is 60.7 Å². The summed E-state index contributed by atoms with van der Waals surface area (Å²) < 4.78 is 67.5. The minimum absolute atomic E-state index is 0.0696. The third kappa shape index (κ3) is 6.53. The number of nitrogens with one attached hydrogen (secondary N) is 1. The van der Waals surface area contributed by atoms with Crippen LogP contribution in [-0.4, -0.2) is 105 Å². The molecule has 0 bridgehead atoms. The van der Waals surface area contributed by atoms with E-state index in [2.05, 4.69) is 9.88 Å². The first kappa shape index (κ1) is 31.3. The van der Waals surface area contributed by atoms with Crippen LogP contribution in [0.5, 0.6) is 0 Å². The van der Waals surface area contributed by atoms with Crippen molar-refractivity contribution in [3.8, 4) is 0 Å². The zero-order chi connectivity index (χ0) is 31.3. The molecule has 2 saturated heterocycles. The maximum atomic E-state index is 15.8. The predicted octanol–water partition coefficient (Wildman–Crippen LogP) is 2.59. The summed E-state index contributed by atoms with van der Waals surface area (Å²) in [7, 11) is 1.99. The molecule has 1 unspecified atom stereocenters. The Labute approximate surface area is 252 Å². The van der Waals surface area contributed by atoms with Crippen LogP contribution >= 0.6 is 0 Å². The Bertz CT molecular complexity index is 1510. The molecule has 0 radical (unpaired) electrons. The number of carbonyl (C=O) groups is 2. The van der Waals surface area contributed by atoms with E-state index in [-0.39, 0.29) is 30.7 Å². The average Bonchev–Trinajstić information content (AvgIpc) is 3.41. The molecule has 1 aromatic carbocycles. The van der Waals surface area contributed by atoms with Crippen molar-refractivity contribution in [1.82, 2.24) is 14.8 Å². The maximum absolute atomic E-state index is 15.8. The normalized spacial score (nSPS) is 22.6. The molecule has 43 heavy (non-hydrogen) atoms. The van der Waals surface area contributed by atoms with Crippen molar-refractivity contribution in [3.05, 3.63) is 63.3 Å². The van der Waals surface area contributed by atoms with Gasteiger partial charge in [0.25, 0.3) is 0 Å². The topological polar surface area (TPSA) is 95.2 Å². The van der Waals surface area contributed by atoms with E-state index in [1.54, 1.807) is 13.0 Å². The van der Waals surface area contributed by atoms with Gasteiger partial charge in [0.2, 0.25) is 0 Å². The number of hydrogen-bond acceptors (Lipinski definition) is 7. The third-order valence-corrected chi connectivity index (χ3v) is 10.6. The Morgan fingerprint density at radius 2 is 1.81 bits per heavy atom. The van der Waals surface area contributed by atoms with E-state index in [0.717, 1.165) is 6.20 Å². The van der Waals surface area contributed by atoms with Gasteiger partial charge in [-0.05, 0) is 0 Å². The number of piperazine rings is 1. The second-order valence-corrected chi connectivity index (χ2v) is 14.2. The molecule has 5 rings (SSSR count). The molecule has 232 valence electrons. The number of H-pyrrole nitrogens is 1. The van der Waals surface area contributed by atoms with Gasteiger partial charge in [0, 0.05) is 0 Å². The van der Waals surface area contributed by atoms with Gasteiger partial charge in [-0.2, -0.15) is 0 Å². The van der Waals surface area contributed by atoms with Crippen molar-refractivity contribution >= 4 is 42.0 Å². The van der Waals surface area contributed by atoms with Crippen LogP contribution < -0.4 is 14.8 Å². The fourth-order valence-electron chi connectivity index (χ4n) is 5.47. The van der Waals surface area contributed by atoms with Gasteiger partial charge in [-0.3, -0.25) is 0 Å². The van der Waals surface area contributed by atoms with E-state index in [0.29, 0.717) is 48.0 Å². The molecular weight excluding hydrogens is 635 g/mol. The number of carbonyl (C=O) groups excluding carboxylic acids is 2. The van der Waals surface area contributed by atoms with Gasteiger partial charge in [0.1, 0.15) is 0 Å². The second kappa shape index (κ2) is 11.7. The summed E-state index contributed by atoms with van der Waals surface area (Å²) in [4.78, 5) is 45.6. The molecule has 3 aliphatic rings. The average molecular weight is 669 g/mol. The number of amides is 1. The van der Waals surface area contributed by atoms with Crippen LogP contribution in [0.15, 0.2) is 35.3 Å². The summed E-state index contributed by atoms with van der Waals surface area (Å²) in [6.45, 7) is 7.72. The Morgan fingerprint density at radius 1 is 1.14 bits per heavy atom. The van der Waals surface area contributed by atoms with Crippen LogP contribution in [0.3, 0.4) is 0 Å². The summed E-state index contributed by atoms with van der Waals surface area (Å²) in [6, 6.07) is 3.47. The number of benzene rings is 1. The molecule has 0 saturated carbocycles. The summed E-state index contributed by atoms with van der Waals surface area (Å²) in [6.07, 6.45) is -2.96. The molecule has 14 heteroatoms. The van der Waals surface area contributed by atoms with Crippen molar-refractivity contribution in [1.29, 1.82) is 0 Å². The van der Waals surface area contributed by atoms with Gasteiger partial charge in [-0.15, -0.1) is 0 Å². The number of nitrogens with zero attached hydrogens (tertiary/aromatic N) is 3. The predicted molar refractivity (Wildman–Crippen MR) is 154 cm³/mol. The van der Waals surface area contributed by atoms with E-state index in [4.69, 9.17) is 9.47 Å². The molecule has 1 aromatic heterocycles. The molecule has 1 N–H and O–H groups in total. The fourth-order valence-corrected chi connectivity index (χ4v) is 7.90. The van der Waals surface area contributed by atoms with Crippen LogP contribution in [0.1, 0.15) is 42.3 Å². The number of hydrogen-bond donors (Lipinski definition) is 1. The number of rotatable bonds is 6. The summed E-state index contributed by atoms with van der Waals surface area (Å²) >= 11 is -1.97. The van der Waals surface area contributed by atoms with Crippen LogP contribution in [0.25, 0.3) is 5.57 Å². The number of anilines is 1. The van der Waals surface area contributed by atoms with Crippen LogP contribution in [0, 0.1) is 5.82 Å². The quantitative estimate of drug-likeness (QED) is 0.374. The SMILES string of the molecule is C[C@@H]1CN(c2cc(F)c(C3=CCN(C(=O)OC4(C)COC4)C3)cc2[AsH]C(=O)c2c[nH]c(=O)cc2C(F)(F)F)C[C@H](C)N1C. The molecule has 3 atom stereocenters. The molecule has 9 nitrogen and oxygen atoms in total. The van der Waals surface area contributed by atoms with Gasteiger partial charge in [0.15, 0.2) is 0 Å². The first-order valence-corrected chi connectivity index (χ1v) is 15.9. The first-order valence-electron chi connectivity index (χ1n) is 13.8. The van der Waals surface area contributed by atoms with Gasteiger partial charge in [-0.25, -0.2) is 0 Å². The zero-order valence-corrected chi connectivity index (χ0v) is 26.3. The third-order valence-electron chi connectivity index (χ3n) is 8.18. The van der Waals surface area contributed by atoms with Gasteiger partial charge >= 0.3 is 253 Å². The number of halogens is 4. The molecule has 0 spiro atoms. The Morgan fingerprint density at radius 3 is 2.42 bits per heavy atom. The number of alkyl halides is 3. The monoisotopic (exact) mass is 668 g/mol. The van der Waals surface area contributed by atoms with Crippen molar-refractivity contribution in [2.45, 2.75) is 44.6 Å². The molecule has 0 aliphatic carbocycles. The number of aromatic amines is 1. The van der Waals surface area contributed by atoms with Gasteiger partial charge < -0.3 is 0 Å². The molecule has 1 amide bonds. The number of ether oxygens (including phenoxy) is 2. The van der Waals surface area contributed by atoms with Gasteiger partial charge in [0.05, 0.1) is 0 Å². The van der Waals surface area contributed by atoms with Crippen molar-refractivity contribution < 1.29 is 36.6 Å². The number of aromatic nitrogens is 1. The van der Waals surface area contributed by atoms with E-state index >= 15 is 4.39 Å². The molecule has 2 fully saturated rings. The first-order chi connectivity index (χ1) is 20.1. The van der Waals surface area contributed by atoms with Crippen molar-refractivity contribution in [2.24, 2.45) is 0 Å². The van der Waals surface area contributed by atoms with E-state index in [9.17, 15) is 27.6 Å². The summed E-state index contributed by atoms with van der Waals surface area (Å²) in [5, 5.41) is 0. The molecule has 3 aliphatic heterocycles. The minimum atomic E-state index is -4.90. The number of likely N-dealkylation sites (N-methyl/N-ethyl adjacent to an activating group) is 1. The standard InChI is InChI=1S/C29H33AsF4N4O5/c1-16-11-38(12-17(2)36(16)4)24-9-23(31)19(18-5-6-37(13-18)27(41)43-28(3)14-42-15-28)7-22(24)30-26(40)20-10-35-25(39)8-21(20)29(32,33)34/h5,7-10,16-17,30H,6,11-15H2,1-4H3,(H,35,39)/t16-,17+. The molecular formula is C29H33AsF4N4O5. The van der Waals surface area contributed by atoms with Crippen LogP contribution in [0.4, 0.5) is 28.0 Å². The molecule has 4 heterocycles. The fraction of sp³-hybridized carbons (Fsp3) is 0.483. The van der Waals surface area contributed by atoms with Crippen LogP contribution in [0.2, 0.25) is 0 Å². The van der Waals surface area contributed by atoms with Crippen molar-refractivity contribution in [3.63, 3.8) is 0 Å². The Hall–Kier alpha value is -3.15. The van der Waals surface area contributed by atoms with Crippen LogP contribution in [-0.2, 0) is 15.7 Å². The van der Waals surface area contributed by atoms with E-state index in [1.165, 1.54) is 17.0 Å². The second-order valence-electron chi connectivity index (χ2n) is 11.6. The molecule has 2 aromatic rings. The summed E-state index contributed by atoms with van der Waals surface area (Å²) in [5.74, 6) is -0.558. The Kier molecular flexibility index (Phi) is 8.54. The van der Waals surface area contributed by atoms with E-state index in [1.807, 2.05) is 25.8 Å².